The van der Waals surface area contributed by atoms with Gasteiger partial charge in [0.1, 0.15) is 0 Å². The van der Waals surface area contributed by atoms with Crippen LogP contribution in [0.15, 0.2) is 59.8 Å². The summed E-state index contributed by atoms with van der Waals surface area (Å²) in [4.78, 5) is 12.5. The molecule has 3 aromatic rings. The first-order chi connectivity index (χ1) is 12.8. The molecule has 0 saturated carbocycles. The topological polar surface area (TPSA) is 72.7 Å². The van der Waals surface area contributed by atoms with Crippen molar-refractivity contribution in [2.24, 2.45) is 0 Å². The van der Waals surface area contributed by atoms with E-state index in [1.807, 2.05) is 36.4 Å². The quantitative estimate of drug-likeness (QED) is 0.704. The number of aryl methyl sites for hydroxylation is 1. The molecule has 0 bridgehead atoms. The van der Waals surface area contributed by atoms with E-state index < -0.39 is 0 Å². The molecule has 2 aromatic carbocycles. The van der Waals surface area contributed by atoms with E-state index in [-0.39, 0.29) is 17.7 Å². The fraction of sp³-hybridized carbons (Fsp3) is 0.263. The molecule has 0 saturated heterocycles. The SMILES string of the molecule is O=C(CSc1nnnn1-c1ccccc1)N[C@H]1CCCc2ccccc21. The van der Waals surface area contributed by atoms with Crippen molar-refractivity contribution in [3.63, 3.8) is 0 Å². The van der Waals surface area contributed by atoms with Gasteiger partial charge in [0, 0.05) is 0 Å². The highest BCUT2D eigenvalue weighted by Gasteiger charge is 2.21. The Morgan fingerprint density at radius 1 is 1.15 bits per heavy atom. The number of carbonyl (C=O) groups excluding carboxylic acids is 1. The first-order valence-corrected chi connectivity index (χ1v) is 9.63. The summed E-state index contributed by atoms with van der Waals surface area (Å²) >= 11 is 1.34. The molecule has 1 atom stereocenters. The number of thioether (sulfide) groups is 1. The monoisotopic (exact) mass is 365 g/mol. The second-order valence-electron chi connectivity index (χ2n) is 6.21. The predicted octanol–water partition coefficient (Wildman–Crippen LogP) is 2.95. The minimum absolute atomic E-state index is 0.000635. The molecular formula is C19H19N5OS. The van der Waals surface area contributed by atoms with Gasteiger partial charge < -0.3 is 5.32 Å². The normalized spacial score (nSPS) is 16.1. The number of hydrogen-bond donors (Lipinski definition) is 1. The Morgan fingerprint density at radius 2 is 1.96 bits per heavy atom. The lowest BCUT2D eigenvalue weighted by atomic mass is 9.88. The molecule has 7 heteroatoms. The maximum atomic E-state index is 12.5. The van der Waals surface area contributed by atoms with Gasteiger partial charge in [-0.25, -0.2) is 0 Å². The smallest absolute Gasteiger partial charge is 0.230 e. The number of aromatic nitrogens is 4. The van der Waals surface area contributed by atoms with E-state index in [0.717, 1.165) is 24.9 Å². The molecule has 132 valence electrons. The van der Waals surface area contributed by atoms with Crippen molar-refractivity contribution in [1.29, 1.82) is 0 Å². The largest absolute Gasteiger partial charge is 0.349 e. The third-order valence-electron chi connectivity index (χ3n) is 4.48. The third-order valence-corrected chi connectivity index (χ3v) is 5.40. The molecule has 1 N–H and O–H groups in total. The number of amides is 1. The summed E-state index contributed by atoms with van der Waals surface area (Å²) in [6.45, 7) is 0. The minimum Gasteiger partial charge on any atom is -0.349 e. The second kappa shape index (κ2) is 7.70. The predicted molar refractivity (Wildman–Crippen MR) is 100 cm³/mol. The summed E-state index contributed by atoms with van der Waals surface area (Å²) in [6, 6.07) is 18.1. The molecule has 0 spiro atoms. The first kappa shape index (κ1) is 16.8. The van der Waals surface area contributed by atoms with Crippen molar-refractivity contribution < 1.29 is 4.79 Å². The number of nitrogens with one attached hydrogen (secondary N) is 1. The van der Waals surface area contributed by atoms with E-state index in [9.17, 15) is 4.79 Å². The van der Waals surface area contributed by atoms with Gasteiger partial charge in [-0.3, -0.25) is 4.79 Å². The van der Waals surface area contributed by atoms with Crippen LogP contribution in [0.1, 0.15) is 30.0 Å². The zero-order valence-corrected chi connectivity index (χ0v) is 15.0. The Hall–Kier alpha value is -2.67. The summed E-state index contributed by atoms with van der Waals surface area (Å²) in [5, 5.41) is 15.5. The molecule has 1 aliphatic carbocycles. The van der Waals surface area contributed by atoms with Crippen LogP contribution in [0.3, 0.4) is 0 Å². The molecule has 1 heterocycles. The number of benzene rings is 2. The summed E-state index contributed by atoms with van der Waals surface area (Å²) in [5.74, 6) is 0.283. The van der Waals surface area contributed by atoms with E-state index in [0.29, 0.717) is 5.16 Å². The molecule has 4 rings (SSSR count). The molecule has 0 unspecified atom stereocenters. The summed E-state index contributed by atoms with van der Waals surface area (Å²) in [7, 11) is 0. The fourth-order valence-corrected chi connectivity index (χ4v) is 3.97. The maximum absolute atomic E-state index is 12.5. The number of fused-ring (bicyclic) bond motifs is 1. The van der Waals surface area contributed by atoms with Crippen LogP contribution in [0.25, 0.3) is 5.69 Å². The van der Waals surface area contributed by atoms with Gasteiger partial charge in [0.25, 0.3) is 0 Å². The lowest BCUT2D eigenvalue weighted by Crippen LogP contribution is -2.32. The van der Waals surface area contributed by atoms with E-state index in [1.54, 1.807) is 4.68 Å². The van der Waals surface area contributed by atoms with Gasteiger partial charge in [-0.05, 0) is 52.9 Å². The molecule has 0 aliphatic heterocycles. The van der Waals surface area contributed by atoms with Crippen LogP contribution < -0.4 is 5.32 Å². The number of carbonyl (C=O) groups is 1. The number of rotatable bonds is 5. The summed E-state index contributed by atoms with van der Waals surface area (Å²) < 4.78 is 1.65. The lowest BCUT2D eigenvalue weighted by molar-refractivity contribution is -0.119. The van der Waals surface area contributed by atoms with E-state index >= 15 is 0 Å². The van der Waals surface area contributed by atoms with E-state index in [1.165, 1.54) is 22.9 Å². The van der Waals surface area contributed by atoms with Crippen molar-refractivity contribution in [2.45, 2.75) is 30.5 Å². The van der Waals surface area contributed by atoms with Gasteiger partial charge in [-0.15, -0.1) is 5.10 Å². The summed E-state index contributed by atoms with van der Waals surface area (Å²) in [5.41, 5.74) is 3.46. The number of hydrogen-bond acceptors (Lipinski definition) is 5. The van der Waals surface area contributed by atoms with Crippen LogP contribution in [0.2, 0.25) is 0 Å². The summed E-state index contributed by atoms with van der Waals surface area (Å²) in [6.07, 6.45) is 3.17. The number of nitrogens with zero attached hydrogens (tertiary/aromatic N) is 4. The lowest BCUT2D eigenvalue weighted by Gasteiger charge is -2.26. The van der Waals surface area contributed by atoms with Crippen LogP contribution in [-0.2, 0) is 11.2 Å². The first-order valence-electron chi connectivity index (χ1n) is 8.65. The Morgan fingerprint density at radius 3 is 2.85 bits per heavy atom. The van der Waals surface area contributed by atoms with Crippen molar-refractivity contribution in [2.75, 3.05) is 5.75 Å². The zero-order chi connectivity index (χ0) is 17.8. The van der Waals surface area contributed by atoms with E-state index in [2.05, 4.69) is 39.0 Å². The Balaban J connectivity index is 1.40. The average molecular weight is 365 g/mol. The number of tetrazole rings is 1. The molecule has 6 nitrogen and oxygen atoms in total. The molecule has 0 radical (unpaired) electrons. The van der Waals surface area contributed by atoms with Gasteiger partial charge in [0.15, 0.2) is 0 Å². The van der Waals surface area contributed by atoms with Gasteiger partial charge in [0.2, 0.25) is 11.1 Å². The highest BCUT2D eigenvalue weighted by Crippen LogP contribution is 2.29. The molecule has 1 amide bonds. The Labute approximate surface area is 156 Å². The van der Waals surface area contributed by atoms with Crippen LogP contribution in [0.5, 0.6) is 0 Å². The van der Waals surface area contributed by atoms with Gasteiger partial charge in [-0.1, -0.05) is 54.2 Å². The van der Waals surface area contributed by atoms with Gasteiger partial charge >= 0.3 is 0 Å². The van der Waals surface area contributed by atoms with Crippen molar-refractivity contribution in [1.82, 2.24) is 25.5 Å². The zero-order valence-electron chi connectivity index (χ0n) is 14.2. The second-order valence-corrected chi connectivity index (χ2v) is 7.15. The van der Waals surface area contributed by atoms with E-state index in [4.69, 9.17) is 0 Å². The molecule has 1 aliphatic rings. The van der Waals surface area contributed by atoms with Crippen LogP contribution >= 0.6 is 11.8 Å². The molecular weight excluding hydrogens is 346 g/mol. The third kappa shape index (κ3) is 3.62. The molecule has 26 heavy (non-hydrogen) atoms. The maximum Gasteiger partial charge on any atom is 0.230 e. The van der Waals surface area contributed by atoms with Crippen LogP contribution in [-0.4, -0.2) is 31.9 Å². The minimum atomic E-state index is -0.000635. The van der Waals surface area contributed by atoms with Crippen LogP contribution in [0, 0.1) is 0 Å². The number of para-hydroxylation sites is 1. The highest BCUT2D eigenvalue weighted by molar-refractivity contribution is 7.99. The van der Waals surface area contributed by atoms with Crippen molar-refractivity contribution in [3.8, 4) is 5.69 Å². The average Bonchev–Trinajstić information content (AvgIpc) is 3.16. The molecule has 0 fully saturated rings. The highest BCUT2D eigenvalue weighted by atomic mass is 32.2. The van der Waals surface area contributed by atoms with Crippen LogP contribution in [0.4, 0.5) is 0 Å². The van der Waals surface area contributed by atoms with Gasteiger partial charge in [0.05, 0.1) is 17.5 Å². The standard InChI is InChI=1S/C19H19N5OS/c25-18(20-17-12-6-8-14-7-4-5-11-16(14)17)13-26-19-21-22-23-24(19)15-9-2-1-3-10-15/h1-5,7,9-11,17H,6,8,12-13H2,(H,20,25)/t17-/m0/s1. The Bertz CT molecular complexity index is 896. The fourth-order valence-electron chi connectivity index (χ4n) is 3.27. The molecule has 1 aromatic heterocycles. The van der Waals surface area contributed by atoms with Crippen molar-refractivity contribution in [3.05, 3.63) is 65.7 Å². The van der Waals surface area contributed by atoms with Gasteiger partial charge in [-0.2, -0.15) is 4.68 Å². The van der Waals surface area contributed by atoms with Crippen molar-refractivity contribution >= 4 is 17.7 Å². The Kier molecular flexibility index (Phi) is 4.97.